The molecule has 0 aliphatic rings. The zero-order chi connectivity index (χ0) is 7.56. The van der Waals surface area contributed by atoms with Crippen molar-refractivity contribution in [2.45, 2.75) is 6.10 Å². The molecule has 0 aliphatic heterocycles. The summed E-state index contributed by atoms with van der Waals surface area (Å²) in [7, 11) is 1.82. The number of alkyl halides is 1. The quantitative estimate of drug-likeness (QED) is 0.726. The Morgan fingerprint density at radius 1 is 1.90 bits per heavy atom. The Labute approximate surface area is 67.8 Å². The number of nitrogens with zero attached hydrogens (tertiary/aromatic N) is 2. The molecule has 1 unspecified atom stereocenters. The highest BCUT2D eigenvalue weighted by Crippen LogP contribution is 2.10. The van der Waals surface area contributed by atoms with Crippen LogP contribution in [0.3, 0.4) is 0 Å². The highest BCUT2D eigenvalue weighted by Gasteiger charge is 2.06. The summed E-state index contributed by atoms with van der Waals surface area (Å²) in [6.45, 7) is 0. The molecule has 4 heteroatoms. The molecule has 1 aromatic rings. The van der Waals surface area contributed by atoms with Gasteiger partial charge in [-0.2, -0.15) is 5.10 Å². The number of hydrogen-bond donors (Lipinski definition) is 1. The maximum absolute atomic E-state index is 9.22. The Bertz CT molecular complexity index is 211. The molecule has 1 aromatic heterocycles. The molecule has 56 valence electrons. The first-order valence-corrected chi connectivity index (χ1v) is 4.09. The van der Waals surface area contributed by atoms with Crippen molar-refractivity contribution in [3.63, 3.8) is 0 Å². The summed E-state index contributed by atoms with van der Waals surface area (Å²) in [6.07, 6.45) is 1.32. The number of aliphatic hydroxyl groups is 1. The molecule has 0 saturated carbocycles. The van der Waals surface area contributed by atoms with E-state index in [0.717, 1.165) is 0 Å². The first-order valence-electron chi connectivity index (χ1n) is 2.97. The van der Waals surface area contributed by atoms with Crippen molar-refractivity contribution in [3.8, 4) is 0 Å². The molecule has 0 aromatic carbocycles. The van der Waals surface area contributed by atoms with E-state index in [4.69, 9.17) is 0 Å². The van der Waals surface area contributed by atoms with Gasteiger partial charge >= 0.3 is 0 Å². The summed E-state index contributed by atoms with van der Waals surface area (Å²) >= 11 is 3.16. The molecule has 0 aliphatic carbocycles. The maximum Gasteiger partial charge on any atom is 0.107 e. The number of aliphatic hydroxyl groups excluding tert-OH is 1. The number of halogens is 1. The van der Waals surface area contributed by atoms with Gasteiger partial charge in [-0.1, -0.05) is 15.9 Å². The summed E-state index contributed by atoms with van der Waals surface area (Å²) in [4.78, 5) is 0. The lowest BCUT2D eigenvalue weighted by Crippen LogP contribution is -2.00. The number of aryl methyl sites for hydroxylation is 1. The summed E-state index contributed by atoms with van der Waals surface area (Å²) < 4.78 is 1.67. The van der Waals surface area contributed by atoms with E-state index < -0.39 is 6.10 Å². The van der Waals surface area contributed by atoms with Gasteiger partial charge in [-0.25, -0.2) is 0 Å². The molecule has 0 spiro atoms. The van der Waals surface area contributed by atoms with Crippen LogP contribution >= 0.6 is 15.9 Å². The fourth-order valence-corrected chi connectivity index (χ4v) is 1.02. The first-order chi connectivity index (χ1) is 4.74. The predicted octanol–water partition coefficient (Wildman–Crippen LogP) is 0.848. The van der Waals surface area contributed by atoms with Crippen molar-refractivity contribution in [1.82, 2.24) is 9.78 Å². The van der Waals surface area contributed by atoms with Gasteiger partial charge in [0.2, 0.25) is 0 Å². The molecular weight excluding hydrogens is 196 g/mol. The Balaban J connectivity index is 2.74. The van der Waals surface area contributed by atoms with E-state index in [2.05, 4.69) is 21.0 Å². The first kappa shape index (κ1) is 7.75. The van der Waals surface area contributed by atoms with Crippen molar-refractivity contribution in [3.05, 3.63) is 18.0 Å². The van der Waals surface area contributed by atoms with Crippen LogP contribution in [0.4, 0.5) is 0 Å². The lowest BCUT2D eigenvalue weighted by atomic mass is 10.3. The Morgan fingerprint density at radius 3 is 3.00 bits per heavy atom. The lowest BCUT2D eigenvalue weighted by Gasteiger charge is -1.99. The van der Waals surface area contributed by atoms with Crippen LogP contribution in [0.2, 0.25) is 0 Å². The van der Waals surface area contributed by atoms with Crippen LogP contribution in [0, 0.1) is 0 Å². The number of hydrogen-bond acceptors (Lipinski definition) is 2. The molecule has 0 amide bonds. The van der Waals surface area contributed by atoms with Crippen LogP contribution in [-0.4, -0.2) is 20.2 Å². The van der Waals surface area contributed by atoms with Crippen LogP contribution in [0.25, 0.3) is 0 Å². The highest BCUT2D eigenvalue weighted by atomic mass is 79.9. The van der Waals surface area contributed by atoms with Crippen LogP contribution in [0.1, 0.15) is 11.8 Å². The van der Waals surface area contributed by atoms with E-state index in [1.54, 1.807) is 16.9 Å². The molecule has 0 fully saturated rings. The summed E-state index contributed by atoms with van der Waals surface area (Å²) in [6, 6.07) is 1.80. The minimum Gasteiger partial charge on any atom is -0.386 e. The second-order valence-corrected chi connectivity index (χ2v) is 2.73. The standard InChI is InChI=1S/C6H9BrN2O/c1-9-3-2-5(8-9)6(10)4-7/h2-3,6,10H,4H2,1H3. The fraction of sp³-hybridized carbons (Fsp3) is 0.500. The Hall–Kier alpha value is -0.350. The third-order valence-electron chi connectivity index (χ3n) is 1.22. The summed E-state index contributed by atoms with van der Waals surface area (Å²) in [5.74, 6) is 0. The van der Waals surface area contributed by atoms with Crippen molar-refractivity contribution in [2.75, 3.05) is 5.33 Å². The monoisotopic (exact) mass is 204 g/mol. The summed E-state index contributed by atoms with van der Waals surface area (Å²) in [5.41, 5.74) is 0.708. The van der Waals surface area contributed by atoms with Gasteiger partial charge in [0.25, 0.3) is 0 Å². The molecular formula is C6H9BrN2O. The minimum atomic E-state index is -0.485. The topological polar surface area (TPSA) is 38.0 Å². The van der Waals surface area contributed by atoms with Gasteiger partial charge in [0.1, 0.15) is 6.10 Å². The van der Waals surface area contributed by atoms with Crippen LogP contribution < -0.4 is 0 Å². The van der Waals surface area contributed by atoms with Crippen LogP contribution in [0.15, 0.2) is 12.3 Å². The van der Waals surface area contributed by atoms with E-state index in [1.807, 2.05) is 7.05 Å². The molecule has 3 nitrogen and oxygen atoms in total. The molecule has 1 heterocycles. The molecule has 1 N–H and O–H groups in total. The second kappa shape index (κ2) is 3.16. The predicted molar refractivity (Wildman–Crippen MR) is 42.0 cm³/mol. The largest absolute Gasteiger partial charge is 0.386 e. The van der Waals surface area contributed by atoms with E-state index in [9.17, 15) is 5.11 Å². The Morgan fingerprint density at radius 2 is 2.60 bits per heavy atom. The Kier molecular flexibility index (Phi) is 2.45. The van der Waals surface area contributed by atoms with Gasteiger partial charge in [0.05, 0.1) is 5.69 Å². The summed E-state index contributed by atoms with van der Waals surface area (Å²) in [5, 5.41) is 13.8. The van der Waals surface area contributed by atoms with Gasteiger partial charge in [-0.05, 0) is 6.07 Å². The van der Waals surface area contributed by atoms with Gasteiger partial charge in [0, 0.05) is 18.6 Å². The van der Waals surface area contributed by atoms with Gasteiger partial charge in [-0.3, -0.25) is 4.68 Å². The van der Waals surface area contributed by atoms with E-state index in [0.29, 0.717) is 11.0 Å². The van der Waals surface area contributed by atoms with Crippen molar-refractivity contribution < 1.29 is 5.11 Å². The normalized spacial score (nSPS) is 13.5. The van der Waals surface area contributed by atoms with E-state index in [1.165, 1.54) is 0 Å². The molecule has 0 bridgehead atoms. The van der Waals surface area contributed by atoms with Gasteiger partial charge < -0.3 is 5.11 Å². The third-order valence-corrected chi connectivity index (χ3v) is 1.84. The number of rotatable bonds is 2. The van der Waals surface area contributed by atoms with E-state index >= 15 is 0 Å². The molecule has 10 heavy (non-hydrogen) atoms. The highest BCUT2D eigenvalue weighted by molar-refractivity contribution is 9.09. The zero-order valence-electron chi connectivity index (χ0n) is 5.66. The van der Waals surface area contributed by atoms with Crippen molar-refractivity contribution in [2.24, 2.45) is 7.05 Å². The van der Waals surface area contributed by atoms with Gasteiger partial charge in [0.15, 0.2) is 0 Å². The fourth-order valence-electron chi connectivity index (χ4n) is 0.690. The molecule has 1 atom stereocenters. The minimum absolute atomic E-state index is 0.485. The average molecular weight is 205 g/mol. The average Bonchev–Trinajstić information content (AvgIpc) is 2.34. The van der Waals surface area contributed by atoms with Crippen LogP contribution in [-0.2, 0) is 7.05 Å². The SMILES string of the molecule is Cn1ccc(C(O)CBr)n1. The number of aromatic nitrogens is 2. The van der Waals surface area contributed by atoms with E-state index in [-0.39, 0.29) is 0 Å². The molecule has 1 rings (SSSR count). The maximum atomic E-state index is 9.22. The van der Waals surface area contributed by atoms with Gasteiger partial charge in [-0.15, -0.1) is 0 Å². The van der Waals surface area contributed by atoms with Crippen molar-refractivity contribution in [1.29, 1.82) is 0 Å². The second-order valence-electron chi connectivity index (χ2n) is 2.08. The van der Waals surface area contributed by atoms with Crippen LogP contribution in [0.5, 0.6) is 0 Å². The van der Waals surface area contributed by atoms with Crippen molar-refractivity contribution >= 4 is 15.9 Å². The smallest absolute Gasteiger partial charge is 0.107 e. The molecule has 0 saturated heterocycles. The lowest BCUT2D eigenvalue weighted by molar-refractivity contribution is 0.199. The third kappa shape index (κ3) is 1.58. The molecule has 0 radical (unpaired) electrons. The zero-order valence-corrected chi connectivity index (χ0v) is 7.24.